The van der Waals surface area contributed by atoms with Crippen LogP contribution in [0.2, 0.25) is 0 Å². The summed E-state index contributed by atoms with van der Waals surface area (Å²) in [5, 5.41) is 12.0. The third-order valence-electron chi connectivity index (χ3n) is 5.48. The zero-order valence-electron chi connectivity index (χ0n) is 14.4. The lowest BCUT2D eigenvalue weighted by molar-refractivity contribution is -0.142. The largest absolute Gasteiger partial charge is 0.481 e. The minimum Gasteiger partial charge on any atom is -0.481 e. The van der Waals surface area contributed by atoms with Gasteiger partial charge in [0.05, 0.1) is 5.92 Å². The highest BCUT2D eigenvalue weighted by Crippen LogP contribution is 2.44. The fourth-order valence-electron chi connectivity index (χ4n) is 4.22. The van der Waals surface area contributed by atoms with Crippen molar-refractivity contribution in [3.8, 4) is 11.1 Å². The molecule has 1 saturated carbocycles. The molecule has 1 fully saturated rings. The molecule has 0 aliphatic heterocycles. The van der Waals surface area contributed by atoms with Crippen molar-refractivity contribution in [2.75, 3.05) is 6.61 Å². The van der Waals surface area contributed by atoms with Crippen LogP contribution < -0.4 is 5.32 Å². The summed E-state index contributed by atoms with van der Waals surface area (Å²) in [4.78, 5) is 23.5. The fourth-order valence-corrected chi connectivity index (χ4v) is 4.22. The molecule has 5 heteroatoms. The first kappa shape index (κ1) is 16.6. The Morgan fingerprint density at radius 2 is 1.62 bits per heavy atom. The average molecular weight is 351 g/mol. The molecule has 2 N–H and O–H groups in total. The molecule has 2 aromatic carbocycles. The quantitative estimate of drug-likeness (QED) is 0.879. The van der Waals surface area contributed by atoms with Crippen LogP contribution in [0, 0.1) is 5.92 Å². The molecule has 0 spiro atoms. The van der Waals surface area contributed by atoms with Crippen LogP contribution in [0.15, 0.2) is 48.5 Å². The number of hydrogen-bond acceptors (Lipinski definition) is 3. The summed E-state index contributed by atoms with van der Waals surface area (Å²) in [6.45, 7) is 0.240. The Morgan fingerprint density at radius 3 is 2.23 bits per heavy atom. The highest BCUT2D eigenvalue weighted by molar-refractivity contribution is 5.79. The molecule has 2 aliphatic rings. The van der Waals surface area contributed by atoms with E-state index in [4.69, 9.17) is 4.74 Å². The molecule has 0 unspecified atom stereocenters. The van der Waals surface area contributed by atoms with Crippen molar-refractivity contribution in [3.05, 3.63) is 59.7 Å². The third kappa shape index (κ3) is 2.94. The lowest BCUT2D eigenvalue weighted by Crippen LogP contribution is -2.40. The second kappa shape index (κ2) is 6.83. The summed E-state index contributed by atoms with van der Waals surface area (Å²) in [5.74, 6) is -1.37. The number of carbonyl (C=O) groups is 2. The van der Waals surface area contributed by atoms with Crippen LogP contribution in [-0.4, -0.2) is 29.8 Å². The van der Waals surface area contributed by atoms with E-state index < -0.39 is 18.0 Å². The molecule has 134 valence electrons. The van der Waals surface area contributed by atoms with Crippen LogP contribution in [-0.2, 0) is 9.53 Å². The number of carbonyl (C=O) groups excluding carboxylic acids is 1. The minimum absolute atomic E-state index is 0.00648. The molecule has 2 atom stereocenters. The first-order valence-electron chi connectivity index (χ1n) is 8.99. The number of alkyl carbamates (subject to hydrolysis) is 1. The maximum atomic E-state index is 12.2. The van der Waals surface area contributed by atoms with Crippen LogP contribution in [0.1, 0.15) is 36.3 Å². The van der Waals surface area contributed by atoms with E-state index in [0.717, 1.165) is 17.5 Å². The van der Waals surface area contributed by atoms with E-state index in [2.05, 4.69) is 29.6 Å². The predicted octanol–water partition coefficient (Wildman–Crippen LogP) is 3.78. The number of benzene rings is 2. The van der Waals surface area contributed by atoms with Gasteiger partial charge >= 0.3 is 12.1 Å². The van der Waals surface area contributed by atoms with Gasteiger partial charge in [-0.15, -0.1) is 0 Å². The van der Waals surface area contributed by atoms with Crippen LogP contribution in [0.5, 0.6) is 0 Å². The van der Waals surface area contributed by atoms with E-state index in [1.54, 1.807) is 0 Å². The molecule has 0 aromatic heterocycles. The number of nitrogens with one attached hydrogen (secondary N) is 1. The molecular weight excluding hydrogens is 330 g/mol. The van der Waals surface area contributed by atoms with E-state index >= 15 is 0 Å². The number of amides is 1. The highest BCUT2D eigenvalue weighted by Gasteiger charge is 2.35. The maximum absolute atomic E-state index is 12.2. The molecule has 26 heavy (non-hydrogen) atoms. The van der Waals surface area contributed by atoms with Crippen molar-refractivity contribution in [3.63, 3.8) is 0 Å². The van der Waals surface area contributed by atoms with Gasteiger partial charge in [-0.05, 0) is 35.1 Å². The van der Waals surface area contributed by atoms with Crippen LogP contribution in [0.25, 0.3) is 11.1 Å². The fraction of sp³-hybridized carbons (Fsp3) is 0.333. The SMILES string of the molecule is O=C(N[C@H]1CCC[C@@H]1C(=O)O)OCC1c2ccccc2-c2ccccc21. The minimum atomic E-state index is -0.855. The van der Waals surface area contributed by atoms with E-state index in [0.29, 0.717) is 12.8 Å². The van der Waals surface area contributed by atoms with Gasteiger partial charge in [-0.2, -0.15) is 0 Å². The highest BCUT2D eigenvalue weighted by atomic mass is 16.5. The molecule has 4 rings (SSSR count). The van der Waals surface area contributed by atoms with Gasteiger partial charge < -0.3 is 15.2 Å². The van der Waals surface area contributed by atoms with Gasteiger partial charge in [0.2, 0.25) is 0 Å². The number of aliphatic carboxylic acids is 1. The van der Waals surface area contributed by atoms with E-state index in [1.807, 2.05) is 24.3 Å². The number of rotatable bonds is 4. The van der Waals surface area contributed by atoms with Gasteiger partial charge in [0.25, 0.3) is 0 Å². The summed E-state index contributed by atoms with van der Waals surface area (Å²) >= 11 is 0. The first-order chi connectivity index (χ1) is 12.6. The summed E-state index contributed by atoms with van der Waals surface area (Å²) in [6.07, 6.45) is 1.56. The van der Waals surface area contributed by atoms with Crippen LogP contribution >= 0.6 is 0 Å². The van der Waals surface area contributed by atoms with Crippen molar-refractivity contribution < 1.29 is 19.4 Å². The standard InChI is InChI=1S/C21H21NO4/c23-20(24)17-10-5-11-19(17)22-21(25)26-12-18-15-8-3-1-6-13(15)14-7-2-4-9-16(14)18/h1-4,6-9,17-19H,5,10-12H2,(H,22,25)(H,23,24)/t17-,19-/m0/s1. The summed E-state index contributed by atoms with van der Waals surface area (Å²) < 4.78 is 5.49. The Kier molecular flexibility index (Phi) is 4.37. The molecule has 0 bridgehead atoms. The maximum Gasteiger partial charge on any atom is 0.407 e. The summed E-state index contributed by atoms with van der Waals surface area (Å²) in [5.41, 5.74) is 4.68. The lowest BCUT2D eigenvalue weighted by atomic mass is 9.98. The van der Waals surface area contributed by atoms with E-state index in [-0.39, 0.29) is 18.6 Å². The van der Waals surface area contributed by atoms with Gasteiger partial charge in [0, 0.05) is 12.0 Å². The number of carboxylic acids is 1. The number of carboxylic acid groups (broad SMARTS) is 1. The first-order valence-corrected chi connectivity index (χ1v) is 8.99. The topological polar surface area (TPSA) is 75.6 Å². The van der Waals surface area contributed by atoms with Crippen molar-refractivity contribution in [1.82, 2.24) is 5.32 Å². The van der Waals surface area contributed by atoms with Crippen molar-refractivity contribution >= 4 is 12.1 Å². The van der Waals surface area contributed by atoms with Gasteiger partial charge in [-0.1, -0.05) is 55.0 Å². The summed E-state index contributed by atoms with van der Waals surface area (Å²) in [7, 11) is 0. The zero-order valence-corrected chi connectivity index (χ0v) is 14.4. The second-order valence-corrected chi connectivity index (χ2v) is 6.95. The van der Waals surface area contributed by atoms with Gasteiger partial charge in [-0.25, -0.2) is 4.79 Å². The van der Waals surface area contributed by atoms with Crippen molar-refractivity contribution in [2.45, 2.75) is 31.2 Å². The average Bonchev–Trinajstić information content (AvgIpc) is 3.23. The normalized spacial score (nSPS) is 21.1. The smallest absolute Gasteiger partial charge is 0.407 e. The lowest BCUT2D eigenvalue weighted by Gasteiger charge is -2.19. The molecule has 2 aromatic rings. The zero-order chi connectivity index (χ0) is 18.1. The van der Waals surface area contributed by atoms with E-state index in [9.17, 15) is 14.7 Å². The third-order valence-corrected chi connectivity index (χ3v) is 5.48. The predicted molar refractivity (Wildman–Crippen MR) is 97.0 cm³/mol. The van der Waals surface area contributed by atoms with Gasteiger partial charge in [0.15, 0.2) is 0 Å². The Balaban J connectivity index is 1.45. The number of fused-ring (bicyclic) bond motifs is 3. The number of ether oxygens (including phenoxy) is 1. The molecule has 5 nitrogen and oxygen atoms in total. The molecule has 0 heterocycles. The van der Waals surface area contributed by atoms with E-state index in [1.165, 1.54) is 11.1 Å². The Hall–Kier alpha value is -2.82. The van der Waals surface area contributed by atoms with Crippen LogP contribution in [0.3, 0.4) is 0 Å². The van der Waals surface area contributed by atoms with Crippen molar-refractivity contribution in [1.29, 1.82) is 0 Å². The van der Waals surface area contributed by atoms with Gasteiger partial charge in [0.1, 0.15) is 6.61 Å². The Morgan fingerprint density at radius 1 is 1.00 bits per heavy atom. The molecule has 0 radical (unpaired) electrons. The van der Waals surface area contributed by atoms with Crippen LogP contribution in [0.4, 0.5) is 4.79 Å². The number of hydrogen-bond donors (Lipinski definition) is 2. The Labute approximate surface area is 152 Å². The second-order valence-electron chi connectivity index (χ2n) is 6.95. The Bertz CT molecular complexity index is 802. The molecule has 0 saturated heterocycles. The summed E-state index contributed by atoms with van der Waals surface area (Å²) in [6, 6.07) is 16.0. The molecular formula is C21H21NO4. The van der Waals surface area contributed by atoms with Crippen molar-refractivity contribution in [2.24, 2.45) is 5.92 Å². The monoisotopic (exact) mass is 351 g/mol. The van der Waals surface area contributed by atoms with Gasteiger partial charge in [-0.3, -0.25) is 4.79 Å². The molecule has 1 amide bonds. The molecule has 2 aliphatic carbocycles.